The second-order valence-electron chi connectivity index (χ2n) is 16.3. The Morgan fingerprint density at radius 2 is 1.55 bits per heavy atom. The van der Waals surface area contributed by atoms with Crippen LogP contribution in [0.2, 0.25) is 0 Å². The van der Waals surface area contributed by atoms with Gasteiger partial charge in [-0.05, 0) is 108 Å². The molecule has 0 saturated carbocycles. The van der Waals surface area contributed by atoms with Gasteiger partial charge in [-0.15, -0.1) is 5.73 Å². The van der Waals surface area contributed by atoms with Gasteiger partial charge in [0.25, 0.3) is 0 Å². The standard InChI is InChI=1S/C48H56ClN3O3/c1-47(2)38-23-12-14-25-40(38)51(33-16-6-10-27-44(53)50-37-21-8-5-9-22-37)42(47)31-29-35-19-18-20-36(46(35)49)30-32-43-48(3,4)39-24-13-15-26-41(39)52(43)34-17-7-11-28-45(54)55/h5,8-9,12-15,21-26,29-30,32,35H,6-7,10-11,16-20,27-28,33-34H2,1-4H3,(H-,50,53,54,55)/p+1/b32-30+. The second kappa shape index (κ2) is 17.9. The third kappa shape index (κ3) is 9.26. The first-order valence-electron chi connectivity index (χ1n) is 20.2. The SMILES string of the molecule is CC1(C)C(=C=CC2CCCC(/C=C/C3=[N+](CCCCCC(=O)O)c4ccccc4C3(C)C)=C2Cl)N(CCCCCC(=O)Nc2ccccc2)c2ccccc21. The summed E-state index contributed by atoms with van der Waals surface area (Å²) in [6.07, 6.45) is 15.8. The van der Waals surface area contributed by atoms with Gasteiger partial charge >= 0.3 is 5.97 Å². The van der Waals surface area contributed by atoms with Crippen LogP contribution in [-0.2, 0) is 20.4 Å². The van der Waals surface area contributed by atoms with Gasteiger partial charge in [0, 0.05) is 71.3 Å². The first-order chi connectivity index (χ1) is 26.5. The van der Waals surface area contributed by atoms with E-state index in [9.17, 15) is 9.59 Å². The van der Waals surface area contributed by atoms with E-state index in [1.807, 2.05) is 30.3 Å². The van der Waals surface area contributed by atoms with Gasteiger partial charge in [-0.1, -0.05) is 78.7 Å². The molecule has 2 N–H and O–H groups in total. The van der Waals surface area contributed by atoms with E-state index in [1.54, 1.807) is 0 Å². The summed E-state index contributed by atoms with van der Waals surface area (Å²) in [6, 6.07) is 27.0. The number of para-hydroxylation sites is 3. The molecule has 3 aromatic carbocycles. The lowest BCUT2D eigenvalue weighted by molar-refractivity contribution is -0.438. The molecule has 0 radical (unpaired) electrons. The third-order valence-corrected chi connectivity index (χ3v) is 12.1. The summed E-state index contributed by atoms with van der Waals surface area (Å²) < 4.78 is 2.43. The molecule has 1 atom stereocenters. The highest BCUT2D eigenvalue weighted by Crippen LogP contribution is 2.48. The lowest BCUT2D eigenvalue weighted by Crippen LogP contribution is -2.28. The molecule has 1 unspecified atom stereocenters. The van der Waals surface area contributed by atoms with Gasteiger partial charge in [-0.3, -0.25) is 9.59 Å². The van der Waals surface area contributed by atoms with Crippen molar-refractivity contribution in [3.63, 3.8) is 0 Å². The summed E-state index contributed by atoms with van der Waals surface area (Å²) in [5, 5.41) is 13.0. The maximum absolute atomic E-state index is 12.5. The van der Waals surface area contributed by atoms with Crippen molar-refractivity contribution in [1.29, 1.82) is 0 Å². The molecular weight excluding hydrogens is 702 g/mol. The van der Waals surface area contributed by atoms with Gasteiger partial charge in [0.2, 0.25) is 11.6 Å². The molecule has 55 heavy (non-hydrogen) atoms. The molecule has 0 bridgehead atoms. The average Bonchev–Trinajstić information content (AvgIpc) is 3.52. The number of hydrogen-bond donors (Lipinski definition) is 2. The van der Waals surface area contributed by atoms with Gasteiger partial charge in [0.1, 0.15) is 6.54 Å². The van der Waals surface area contributed by atoms with Gasteiger partial charge in [-0.2, -0.15) is 4.58 Å². The summed E-state index contributed by atoms with van der Waals surface area (Å²) >= 11 is 7.28. The number of benzene rings is 3. The monoisotopic (exact) mass is 758 g/mol. The molecule has 1 amide bonds. The van der Waals surface area contributed by atoms with Crippen LogP contribution in [0.5, 0.6) is 0 Å². The summed E-state index contributed by atoms with van der Waals surface area (Å²) in [5.74, 6) is -0.573. The zero-order valence-corrected chi connectivity index (χ0v) is 33.8. The Bertz CT molecular complexity index is 2030. The molecule has 6 rings (SSSR count). The minimum atomic E-state index is -0.729. The molecule has 0 saturated heterocycles. The number of fused-ring (bicyclic) bond motifs is 2. The molecule has 3 aliphatic rings. The quantitative estimate of drug-likeness (QED) is 0.0867. The van der Waals surface area contributed by atoms with Crippen molar-refractivity contribution in [2.75, 3.05) is 23.3 Å². The van der Waals surface area contributed by atoms with E-state index < -0.39 is 5.97 Å². The number of halogens is 1. The Kier molecular flexibility index (Phi) is 13.0. The van der Waals surface area contributed by atoms with Crippen molar-refractivity contribution in [1.82, 2.24) is 0 Å². The number of carbonyl (C=O) groups is 2. The lowest BCUT2D eigenvalue weighted by Gasteiger charge is -2.26. The van der Waals surface area contributed by atoms with E-state index in [-0.39, 0.29) is 29.1 Å². The molecule has 1 aliphatic carbocycles. The number of hydrogen-bond acceptors (Lipinski definition) is 3. The number of carboxylic acids is 1. The average molecular weight is 759 g/mol. The fourth-order valence-corrected chi connectivity index (χ4v) is 8.90. The Morgan fingerprint density at radius 3 is 2.33 bits per heavy atom. The van der Waals surface area contributed by atoms with Crippen LogP contribution in [0.1, 0.15) is 109 Å². The van der Waals surface area contributed by atoms with Crippen LogP contribution in [0.15, 0.2) is 119 Å². The molecule has 2 heterocycles. The molecule has 0 fully saturated rings. The summed E-state index contributed by atoms with van der Waals surface area (Å²) in [7, 11) is 0. The predicted molar refractivity (Wildman–Crippen MR) is 227 cm³/mol. The predicted octanol–water partition coefficient (Wildman–Crippen LogP) is 11.6. The zero-order valence-electron chi connectivity index (χ0n) is 33.0. The minimum absolute atomic E-state index is 0.0620. The fraction of sp³-hybridized carbons (Fsp3) is 0.417. The first-order valence-corrected chi connectivity index (χ1v) is 20.6. The second-order valence-corrected chi connectivity index (χ2v) is 16.7. The molecule has 0 spiro atoms. The molecule has 7 heteroatoms. The Morgan fingerprint density at radius 1 is 0.855 bits per heavy atom. The highest BCUT2D eigenvalue weighted by atomic mass is 35.5. The number of rotatable bonds is 16. The number of amides is 1. The van der Waals surface area contributed by atoms with E-state index in [0.717, 1.165) is 75.2 Å². The highest BCUT2D eigenvalue weighted by molar-refractivity contribution is 6.30. The zero-order chi connectivity index (χ0) is 39.0. The highest BCUT2D eigenvalue weighted by Gasteiger charge is 2.44. The summed E-state index contributed by atoms with van der Waals surface area (Å²) in [5.41, 5.74) is 13.0. The van der Waals surface area contributed by atoms with E-state index in [0.29, 0.717) is 12.8 Å². The lowest BCUT2D eigenvalue weighted by atomic mass is 9.81. The van der Waals surface area contributed by atoms with Crippen molar-refractivity contribution in [2.24, 2.45) is 5.92 Å². The molecule has 3 aromatic rings. The molecule has 6 nitrogen and oxygen atoms in total. The van der Waals surface area contributed by atoms with Crippen LogP contribution < -0.4 is 10.2 Å². The van der Waals surface area contributed by atoms with Crippen LogP contribution >= 0.6 is 11.6 Å². The van der Waals surface area contributed by atoms with E-state index >= 15 is 0 Å². The Hall–Kier alpha value is -4.64. The topological polar surface area (TPSA) is 72.7 Å². The number of carboxylic acid groups (broad SMARTS) is 1. The van der Waals surface area contributed by atoms with Gasteiger partial charge in [-0.25, -0.2) is 0 Å². The number of anilines is 2. The van der Waals surface area contributed by atoms with Crippen LogP contribution in [-0.4, -0.2) is 40.4 Å². The Balaban J connectivity index is 1.18. The molecule has 0 aromatic heterocycles. The normalized spacial score (nSPS) is 18.4. The van der Waals surface area contributed by atoms with Crippen LogP contribution in [0, 0.1) is 5.92 Å². The van der Waals surface area contributed by atoms with Crippen LogP contribution in [0.3, 0.4) is 0 Å². The number of nitrogens with zero attached hydrogens (tertiary/aromatic N) is 2. The third-order valence-electron chi connectivity index (χ3n) is 11.6. The number of nitrogens with one attached hydrogen (secondary N) is 1. The fourth-order valence-electron chi connectivity index (χ4n) is 8.57. The van der Waals surface area contributed by atoms with Crippen molar-refractivity contribution in [2.45, 2.75) is 109 Å². The summed E-state index contributed by atoms with van der Waals surface area (Å²) in [4.78, 5) is 26.0. The maximum atomic E-state index is 12.5. The molecule has 2 aliphatic heterocycles. The van der Waals surface area contributed by atoms with E-state index in [4.69, 9.17) is 16.7 Å². The van der Waals surface area contributed by atoms with Gasteiger partial charge < -0.3 is 15.3 Å². The molecular formula is C48H57ClN3O3+. The van der Waals surface area contributed by atoms with E-state index in [1.165, 1.54) is 39.5 Å². The van der Waals surface area contributed by atoms with Crippen molar-refractivity contribution in [3.05, 3.63) is 130 Å². The first kappa shape index (κ1) is 40.0. The van der Waals surface area contributed by atoms with Crippen LogP contribution in [0.25, 0.3) is 0 Å². The number of allylic oxidation sites excluding steroid dienone is 5. The number of unbranched alkanes of at least 4 members (excludes halogenated alkanes) is 4. The van der Waals surface area contributed by atoms with E-state index in [2.05, 4.69) is 115 Å². The largest absolute Gasteiger partial charge is 0.481 e. The smallest absolute Gasteiger partial charge is 0.303 e. The van der Waals surface area contributed by atoms with Gasteiger partial charge in [0.05, 0.1) is 11.1 Å². The number of aliphatic carboxylic acids is 1. The van der Waals surface area contributed by atoms with Crippen molar-refractivity contribution >= 4 is 46.3 Å². The van der Waals surface area contributed by atoms with Crippen molar-refractivity contribution < 1.29 is 19.3 Å². The minimum Gasteiger partial charge on any atom is -0.481 e. The number of carbonyl (C=O) groups excluding carboxylic acids is 1. The Labute approximate surface area is 333 Å². The maximum Gasteiger partial charge on any atom is 0.303 e. The van der Waals surface area contributed by atoms with Gasteiger partial charge in [0.15, 0.2) is 5.71 Å². The summed E-state index contributed by atoms with van der Waals surface area (Å²) in [6.45, 7) is 10.9. The van der Waals surface area contributed by atoms with Crippen molar-refractivity contribution in [3.8, 4) is 0 Å². The molecule has 288 valence electrons. The van der Waals surface area contributed by atoms with Crippen LogP contribution in [0.4, 0.5) is 17.1 Å².